The Hall–Kier alpha value is -3.07. The van der Waals surface area contributed by atoms with E-state index in [0.29, 0.717) is 28.2 Å². The van der Waals surface area contributed by atoms with E-state index in [4.69, 9.17) is 9.47 Å². The van der Waals surface area contributed by atoms with Gasteiger partial charge in [-0.2, -0.15) is 0 Å². The second-order valence-electron chi connectivity index (χ2n) is 6.19. The van der Waals surface area contributed by atoms with E-state index in [-0.39, 0.29) is 18.5 Å². The van der Waals surface area contributed by atoms with Crippen molar-refractivity contribution >= 4 is 23.4 Å². The highest BCUT2D eigenvalue weighted by atomic mass is 32.2. The lowest BCUT2D eigenvalue weighted by atomic mass is 10.2. The number of amides is 1. The number of aromatic nitrogens is 3. The van der Waals surface area contributed by atoms with Gasteiger partial charge in [0.1, 0.15) is 5.82 Å². The molecule has 0 saturated carbocycles. The molecule has 7 nitrogen and oxygen atoms in total. The van der Waals surface area contributed by atoms with Crippen molar-refractivity contribution in [3.8, 4) is 22.9 Å². The lowest BCUT2D eigenvalue weighted by Gasteiger charge is -2.12. The molecule has 1 atom stereocenters. The topological polar surface area (TPSA) is 78.3 Å². The van der Waals surface area contributed by atoms with Crippen molar-refractivity contribution in [2.45, 2.75) is 17.3 Å². The van der Waals surface area contributed by atoms with Crippen molar-refractivity contribution in [2.24, 2.45) is 7.05 Å². The molecule has 0 fully saturated rings. The Kier molecular flexibility index (Phi) is 4.91. The van der Waals surface area contributed by atoms with Gasteiger partial charge in [-0.15, -0.1) is 10.2 Å². The number of rotatable bonds is 5. The van der Waals surface area contributed by atoms with Crippen LogP contribution in [0, 0.1) is 5.82 Å². The van der Waals surface area contributed by atoms with Crippen LogP contribution < -0.4 is 14.8 Å². The molecule has 0 aliphatic carbocycles. The molecule has 2 aromatic carbocycles. The minimum absolute atomic E-state index is 0.171. The number of carbonyl (C=O) groups excluding carboxylic acids is 1. The summed E-state index contributed by atoms with van der Waals surface area (Å²) in [6.45, 7) is 1.97. The van der Waals surface area contributed by atoms with Gasteiger partial charge in [-0.1, -0.05) is 11.8 Å². The number of anilines is 1. The zero-order chi connectivity index (χ0) is 19.7. The summed E-state index contributed by atoms with van der Waals surface area (Å²) in [7, 11) is 1.81. The number of hydrogen-bond acceptors (Lipinski definition) is 6. The van der Waals surface area contributed by atoms with Gasteiger partial charge in [-0.05, 0) is 43.3 Å². The van der Waals surface area contributed by atoms with Crippen molar-refractivity contribution < 1.29 is 18.7 Å². The molecule has 1 unspecified atom stereocenters. The normalized spacial score (nSPS) is 13.4. The summed E-state index contributed by atoms with van der Waals surface area (Å²) in [5.41, 5.74) is 1.38. The molecule has 1 aromatic heterocycles. The predicted molar refractivity (Wildman–Crippen MR) is 103 cm³/mol. The highest BCUT2D eigenvalue weighted by molar-refractivity contribution is 8.00. The first-order valence-corrected chi connectivity index (χ1v) is 9.42. The smallest absolute Gasteiger partial charge is 0.237 e. The Balaban J connectivity index is 1.44. The summed E-state index contributed by atoms with van der Waals surface area (Å²) >= 11 is 1.29. The molecular formula is C19H17FN4O3S. The minimum Gasteiger partial charge on any atom is -0.454 e. The molecule has 1 aliphatic rings. The number of benzene rings is 2. The van der Waals surface area contributed by atoms with Crippen LogP contribution in [0.15, 0.2) is 47.6 Å². The molecule has 0 bridgehead atoms. The number of nitrogens with one attached hydrogen (secondary N) is 1. The molecule has 3 aromatic rings. The first-order chi connectivity index (χ1) is 13.5. The highest BCUT2D eigenvalue weighted by Crippen LogP contribution is 2.34. The van der Waals surface area contributed by atoms with Crippen molar-refractivity contribution in [1.29, 1.82) is 0 Å². The highest BCUT2D eigenvalue weighted by Gasteiger charge is 2.21. The first-order valence-electron chi connectivity index (χ1n) is 8.54. The van der Waals surface area contributed by atoms with Crippen LogP contribution in [0.4, 0.5) is 10.1 Å². The van der Waals surface area contributed by atoms with Crippen molar-refractivity contribution in [2.75, 3.05) is 12.1 Å². The van der Waals surface area contributed by atoms with E-state index in [9.17, 15) is 9.18 Å². The van der Waals surface area contributed by atoms with Crippen LogP contribution in [-0.4, -0.2) is 32.7 Å². The maximum Gasteiger partial charge on any atom is 0.237 e. The van der Waals surface area contributed by atoms with Crippen LogP contribution in [0.25, 0.3) is 11.4 Å². The molecular weight excluding hydrogens is 383 g/mol. The van der Waals surface area contributed by atoms with Crippen LogP contribution in [-0.2, 0) is 11.8 Å². The zero-order valence-electron chi connectivity index (χ0n) is 15.2. The Morgan fingerprint density at radius 3 is 2.71 bits per heavy atom. The van der Waals surface area contributed by atoms with E-state index in [1.165, 1.54) is 23.9 Å². The van der Waals surface area contributed by atoms with Gasteiger partial charge in [0.25, 0.3) is 0 Å². The molecule has 28 heavy (non-hydrogen) atoms. The Bertz CT molecular complexity index is 1020. The van der Waals surface area contributed by atoms with Crippen molar-refractivity contribution in [3.05, 3.63) is 48.3 Å². The molecule has 2 heterocycles. The number of thioether (sulfide) groups is 1. The summed E-state index contributed by atoms with van der Waals surface area (Å²) in [6, 6.07) is 11.3. The maximum atomic E-state index is 13.1. The van der Waals surface area contributed by atoms with Gasteiger partial charge in [0.05, 0.1) is 5.25 Å². The summed E-state index contributed by atoms with van der Waals surface area (Å²) in [5.74, 6) is 1.39. The van der Waals surface area contributed by atoms with E-state index in [2.05, 4.69) is 15.5 Å². The molecule has 0 spiro atoms. The molecule has 144 valence electrons. The van der Waals surface area contributed by atoms with E-state index in [1.807, 2.05) is 7.05 Å². The number of nitrogens with zero attached hydrogens (tertiary/aromatic N) is 3. The number of hydrogen-bond donors (Lipinski definition) is 1. The zero-order valence-corrected chi connectivity index (χ0v) is 16.0. The third kappa shape index (κ3) is 3.65. The van der Waals surface area contributed by atoms with Crippen LogP contribution in [0.2, 0.25) is 0 Å². The first kappa shape index (κ1) is 18.3. The fraction of sp³-hybridized carbons (Fsp3) is 0.211. The summed E-state index contributed by atoms with van der Waals surface area (Å²) in [4.78, 5) is 12.5. The van der Waals surface area contributed by atoms with Crippen LogP contribution >= 0.6 is 11.8 Å². The second-order valence-corrected chi connectivity index (χ2v) is 7.50. The Morgan fingerprint density at radius 1 is 1.18 bits per heavy atom. The van der Waals surface area contributed by atoms with Gasteiger partial charge >= 0.3 is 0 Å². The van der Waals surface area contributed by atoms with E-state index < -0.39 is 5.25 Å². The largest absolute Gasteiger partial charge is 0.454 e. The molecule has 9 heteroatoms. The van der Waals surface area contributed by atoms with Crippen molar-refractivity contribution in [3.63, 3.8) is 0 Å². The summed E-state index contributed by atoms with van der Waals surface area (Å²) in [5, 5.41) is 11.4. The molecule has 0 radical (unpaired) electrons. The molecule has 1 amide bonds. The van der Waals surface area contributed by atoms with Gasteiger partial charge < -0.3 is 19.4 Å². The van der Waals surface area contributed by atoms with E-state index in [0.717, 1.165) is 5.56 Å². The van der Waals surface area contributed by atoms with Gasteiger partial charge in [0, 0.05) is 24.4 Å². The van der Waals surface area contributed by atoms with Crippen LogP contribution in [0.5, 0.6) is 11.5 Å². The second kappa shape index (κ2) is 7.51. The van der Waals surface area contributed by atoms with Gasteiger partial charge in [-0.25, -0.2) is 4.39 Å². The standard InChI is InChI=1S/C19H17FN4O3S/c1-11(18(25)21-14-7-8-15-16(9-14)27-10-26-15)28-19-23-22-17(24(19)2)12-3-5-13(20)6-4-12/h3-9,11H,10H2,1-2H3,(H,21,25). The third-order valence-corrected chi connectivity index (χ3v) is 5.36. The predicted octanol–water partition coefficient (Wildman–Crippen LogP) is 3.47. The Labute approximate surface area is 164 Å². The lowest BCUT2D eigenvalue weighted by molar-refractivity contribution is -0.115. The van der Waals surface area contributed by atoms with Gasteiger partial charge in [0.15, 0.2) is 22.5 Å². The number of carbonyl (C=O) groups is 1. The quantitative estimate of drug-likeness (QED) is 0.661. The third-order valence-electron chi connectivity index (χ3n) is 4.23. The Morgan fingerprint density at radius 2 is 1.93 bits per heavy atom. The van der Waals surface area contributed by atoms with E-state index in [1.54, 1.807) is 41.8 Å². The molecule has 0 saturated heterocycles. The fourth-order valence-corrected chi connectivity index (χ4v) is 3.51. The average Bonchev–Trinajstić information content (AvgIpc) is 3.29. The van der Waals surface area contributed by atoms with Gasteiger partial charge in [0.2, 0.25) is 12.7 Å². The minimum atomic E-state index is -0.408. The number of fused-ring (bicyclic) bond motifs is 1. The van der Waals surface area contributed by atoms with E-state index >= 15 is 0 Å². The summed E-state index contributed by atoms with van der Waals surface area (Å²) in [6.07, 6.45) is 0. The van der Waals surface area contributed by atoms with Gasteiger partial charge in [-0.3, -0.25) is 4.79 Å². The van der Waals surface area contributed by atoms with Crippen LogP contribution in [0.1, 0.15) is 6.92 Å². The number of halogens is 1. The average molecular weight is 400 g/mol. The van der Waals surface area contributed by atoms with Crippen molar-refractivity contribution in [1.82, 2.24) is 14.8 Å². The lowest BCUT2D eigenvalue weighted by Crippen LogP contribution is -2.22. The molecule has 4 rings (SSSR count). The van der Waals surface area contributed by atoms with Crippen LogP contribution in [0.3, 0.4) is 0 Å². The maximum absolute atomic E-state index is 13.1. The molecule has 1 N–H and O–H groups in total. The monoisotopic (exact) mass is 400 g/mol. The number of ether oxygens (including phenoxy) is 2. The fourth-order valence-electron chi connectivity index (χ4n) is 2.70. The SMILES string of the molecule is CC(Sc1nnc(-c2ccc(F)cc2)n1C)C(=O)Nc1ccc2c(c1)OCO2. The summed E-state index contributed by atoms with van der Waals surface area (Å²) < 4.78 is 25.5. The molecule has 1 aliphatic heterocycles.